The number of carbonyl (C=O) groups excluding carboxylic acids is 2. The standard InChI is InChI=1S/C22H26FN3O6S/c23-17-4-2-15(3-5-17)12-16(22(24)28)14-25-21(27)8-9-26-33(29,30)18-6-7-19-20(13-18)32-11-1-10-31-19/h2-7,13,16,26H,1,8-12,14H2,(H2,24,28)(H,25,27). The van der Waals surface area contributed by atoms with Crippen molar-refractivity contribution in [3.63, 3.8) is 0 Å². The van der Waals surface area contributed by atoms with E-state index in [-0.39, 0.29) is 30.8 Å². The van der Waals surface area contributed by atoms with Gasteiger partial charge >= 0.3 is 0 Å². The predicted octanol–water partition coefficient (Wildman–Crippen LogP) is 1.12. The number of rotatable bonds is 10. The molecule has 0 fully saturated rings. The minimum absolute atomic E-state index is 0.000230. The molecule has 1 heterocycles. The molecule has 4 N–H and O–H groups in total. The third kappa shape index (κ3) is 7.16. The van der Waals surface area contributed by atoms with Gasteiger partial charge in [0.1, 0.15) is 5.82 Å². The maximum absolute atomic E-state index is 13.0. The van der Waals surface area contributed by atoms with Crippen molar-refractivity contribution >= 4 is 21.8 Å². The van der Waals surface area contributed by atoms with E-state index in [1.54, 1.807) is 12.1 Å². The van der Waals surface area contributed by atoms with E-state index in [1.165, 1.54) is 30.3 Å². The minimum atomic E-state index is -3.86. The highest BCUT2D eigenvalue weighted by Crippen LogP contribution is 2.31. The number of hydrogen-bond donors (Lipinski definition) is 3. The molecule has 2 aromatic rings. The quantitative estimate of drug-likeness (QED) is 0.467. The predicted molar refractivity (Wildman–Crippen MR) is 118 cm³/mol. The van der Waals surface area contributed by atoms with Gasteiger partial charge in [0.2, 0.25) is 21.8 Å². The molecule has 9 nitrogen and oxygen atoms in total. The number of benzene rings is 2. The number of halogens is 1. The van der Waals surface area contributed by atoms with Crippen LogP contribution in [0.3, 0.4) is 0 Å². The second-order valence-corrected chi connectivity index (χ2v) is 9.31. The van der Waals surface area contributed by atoms with Crippen molar-refractivity contribution in [2.24, 2.45) is 11.7 Å². The molecule has 33 heavy (non-hydrogen) atoms. The highest BCUT2D eigenvalue weighted by molar-refractivity contribution is 7.89. The smallest absolute Gasteiger partial charge is 0.240 e. The molecule has 11 heteroatoms. The second kappa shape index (κ2) is 11.1. The molecule has 0 bridgehead atoms. The van der Waals surface area contributed by atoms with Crippen LogP contribution in [0.15, 0.2) is 47.4 Å². The number of sulfonamides is 1. The fourth-order valence-electron chi connectivity index (χ4n) is 3.20. The van der Waals surface area contributed by atoms with Crippen molar-refractivity contribution in [1.82, 2.24) is 10.0 Å². The largest absolute Gasteiger partial charge is 0.490 e. The van der Waals surface area contributed by atoms with Crippen molar-refractivity contribution in [3.05, 3.63) is 53.8 Å². The van der Waals surface area contributed by atoms with Gasteiger partial charge in [0, 0.05) is 32.0 Å². The van der Waals surface area contributed by atoms with Crippen LogP contribution in [-0.2, 0) is 26.0 Å². The number of hydrogen-bond acceptors (Lipinski definition) is 6. The van der Waals surface area contributed by atoms with E-state index in [0.717, 1.165) is 0 Å². The first-order valence-electron chi connectivity index (χ1n) is 10.4. The average molecular weight is 480 g/mol. The normalized spacial score (nSPS) is 14.2. The SMILES string of the molecule is NC(=O)C(CNC(=O)CCNS(=O)(=O)c1ccc2c(c1)OCCCO2)Cc1ccc(F)cc1. The van der Waals surface area contributed by atoms with Crippen LogP contribution in [0.1, 0.15) is 18.4 Å². The van der Waals surface area contributed by atoms with Crippen LogP contribution < -0.4 is 25.2 Å². The molecule has 1 atom stereocenters. The number of nitrogens with one attached hydrogen (secondary N) is 2. The fraction of sp³-hybridized carbons (Fsp3) is 0.364. The Bertz CT molecular complexity index is 1090. The van der Waals surface area contributed by atoms with Gasteiger partial charge in [-0.05, 0) is 36.2 Å². The molecular weight excluding hydrogens is 453 g/mol. The van der Waals surface area contributed by atoms with E-state index < -0.39 is 33.6 Å². The summed E-state index contributed by atoms with van der Waals surface area (Å²) in [6, 6.07) is 9.97. The lowest BCUT2D eigenvalue weighted by atomic mass is 9.98. The van der Waals surface area contributed by atoms with Gasteiger partial charge < -0.3 is 20.5 Å². The highest BCUT2D eigenvalue weighted by atomic mass is 32.2. The number of ether oxygens (including phenoxy) is 2. The Morgan fingerprint density at radius 2 is 1.76 bits per heavy atom. The van der Waals surface area contributed by atoms with E-state index in [0.29, 0.717) is 36.7 Å². The second-order valence-electron chi connectivity index (χ2n) is 7.54. The molecule has 1 aliphatic heterocycles. The summed E-state index contributed by atoms with van der Waals surface area (Å²) in [6.07, 6.45) is 0.809. The van der Waals surface area contributed by atoms with Crippen LogP contribution in [0.25, 0.3) is 0 Å². The van der Waals surface area contributed by atoms with Gasteiger partial charge in [-0.3, -0.25) is 9.59 Å². The zero-order chi connectivity index (χ0) is 23.8. The summed E-state index contributed by atoms with van der Waals surface area (Å²) < 4.78 is 51.5. The van der Waals surface area contributed by atoms with E-state index in [4.69, 9.17) is 15.2 Å². The highest BCUT2D eigenvalue weighted by Gasteiger charge is 2.20. The fourth-order valence-corrected chi connectivity index (χ4v) is 4.24. The summed E-state index contributed by atoms with van der Waals surface area (Å²) >= 11 is 0. The molecule has 2 aromatic carbocycles. The molecule has 1 aliphatic rings. The molecule has 0 saturated carbocycles. The van der Waals surface area contributed by atoms with E-state index >= 15 is 0 Å². The average Bonchev–Trinajstić information content (AvgIpc) is 3.02. The topological polar surface area (TPSA) is 137 Å². The number of fused-ring (bicyclic) bond motifs is 1. The third-order valence-electron chi connectivity index (χ3n) is 5.02. The molecule has 0 saturated heterocycles. The molecule has 0 aliphatic carbocycles. The summed E-state index contributed by atoms with van der Waals surface area (Å²) in [5, 5.41) is 2.58. The van der Waals surface area contributed by atoms with Crippen LogP contribution in [-0.4, -0.2) is 46.5 Å². The van der Waals surface area contributed by atoms with Crippen LogP contribution in [0.4, 0.5) is 4.39 Å². The van der Waals surface area contributed by atoms with E-state index in [9.17, 15) is 22.4 Å². The van der Waals surface area contributed by atoms with Crippen LogP contribution >= 0.6 is 0 Å². The zero-order valence-corrected chi connectivity index (χ0v) is 18.7. The Morgan fingerprint density at radius 1 is 1.06 bits per heavy atom. The van der Waals surface area contributed by atoms with E-state index in [2.05, 4.69) is 10.0 Å². The molecule has 0 radical (unpaired) electrons. The Morgan fingerprint density at radius 3 is 2.45 bits per heavy atom. The van der Waals surface area contributed by atoms with Gasteiger partial charge in [-0.1, -0.05) is 12.1 Å². The Kier molecular flexibility index (Phi) is 8.23. The van der Waals surface area contributed by atoms with Crippen molar-refractivity contribution in [2.75, 3.05) is 26.3 Å². The maximum Gasteiger partial charge on any atom is 0.240 e. The van der Waals surface area contributed by atoms with Gasteiger partial charge in [-0.15, -0.1) is 0 Å². The van der Waals surface area contributed by atoms with Crippen molar-refractivity contribution in [2.45, 2.75) is 24.2 Å². The van der Waals surface area contributed by atoms with Crippen molar-refractivity contribution in [1.29, 1.82) is 0 Å². The van der Waals surface area contributed by atoms with Crippen molar-refractivity contribution < 1.29 is 31.9 Å². The first kappa shape index (κ1) is 24.5. The minimum Gasteiger partial charge on any atom is -0.490 e. The molecule has 1 unspecified atom stereocenters. The summed E-state index contributed by atoms with van der Waals surface area (Å²) in [4.78, 5) is 23.8. The van der Waals surface area contributed by atoms with Gasteiger partial charge in [0.05, 0.1) is 24.0 Å². The number of nitrogens with two attached hydrogens (primary N) is 1. The Labute approximate surface area is 191 Å². The molecule has 178 valence electrons. The number of primary amides is 1. The lowest BCUT2D eigenvalue weighted by Crippen LogP contribution is -2.38. The molecule has 0 spiro atoms. The summed E-state index contributed by atoms with van der Waals surface area (Å²) in [6.45, 7) is 0.771. The van der Waals surface area contributed by atoms with Gasteiger partial charge in [0.15, 0.2) is 11.5 Å². The molecule has 3 rings (SSSR count). The van der Waals surface area contributed by atoms with Crippen molar-refractivity contribution in [3.8, 4) is 11.5 Å². The Hall–Kier alpha value is -3.18. The maximum atomic E-state index is 13.0. The summed E-state index contributed by atoms with van der Waals surface area (Å²) in [7, 11) is -3.86. The first-order valence-corrected chi connectivity index (χ1v) is 11.9. The molecule has 0 aromatic heterocycles. The van der Waals surface area contributed by atoms with Gasteiger partial charge in [-0.2, -0.15) is 0 Å². The van der Waals surface area contributed by atoms with Gasteiger partial charge in [-0.25, -0.2) is 17.5 Å². The lowest BCUT2D eigenvalue weighted by Gasteiger charge is -2.15. The number of amides is 2. The third-order valence-corrected chi connectivity index (χ3v) is 6.48. The summed E-state index contributed by atoms with van der Waals surface area (Å²) in [5.41, 5.74) is 6.11. The van der Waals surface area contributed by atoms with Gasteiger partial charge in [0.25, 0.3) is 0 Å². The first-order chi connectivity index (χ1) is 15.7. The summed E-state index contributed by atoms with van der Waals surface area (Å²) in [5.74, 6) is -1.28. The zero-order valence-electron chi connectivity index (χ0n) is 17.9. The molecule has 2 amide bonds. The molecular formula is C22H26FN3O6S. The Balaban J connectivity index is 1.48. The number of carbonyl (C=O) groups is 2. The van der Waals surface area contributed by atoms with E-state index in [1.807, 2.05) is 0 Å². The van der Waals surface area contributed by atoms with Crippen LogP contribution in [0, 0.1) is 11.7 Å². The van der Waals surface area contributed by atoms with Crippen LogP contribution in [0.2, 0.25) is 0 Å². The monoisotopic (exact) mass is 479 g/mol. The lowest BCUT2D eigenvalue weighted by molar-refractivity contribution is -0.123. The van der Waals surface area contributed by atoms with Crippen LogP contribution in [0.5, 0.6) is 11.5 Å².